The van der Waals surface area contributed by atoms with Gasteiger partial charge < -0.3 is 9.13 Å². The van der Waals surface area contributed by atoms with Crippen molar-refractivity contribution >= 4 is 17.0 Å². The molecule has 28 heavy (non-hydrogen) atoms. The lowest BCUT2D eigenvalue weighted by Gasteiger charge is -2.10. The molecule has 0 aliphatic carbocycles. The fraction of sp³-hybridized carbons (Fsp3) is 0.182. The molecule has 142 valence electrons. The Hall–Kier alpha value is -2.99. The van der Waals surface area contributed by atoms with Crippen molar-refractivity contribution in [1.29, 1.82) is 0 Å². The molecule has 0 unspecified atom stereocenters. The van der Waals surface area contributed by atoms with Crippen LogP contribution in [0.5, 0.6) is 0 Å². The van der Waals surface area contributed by atoms with E-state index in [4.69, 9.17) is 0 Å². The molecule has 0 radical (unpaired) electrons. The molecular weight excluding hydrogens is 371 g/mol. The third-order valence-electron chi connectivity index (χ3n) is 4.57. The highest BCUT2D eigenvalue weighted by Crippen LogP contribution is 2.22. The molecule has 2 aromatic carbocycles. The largest absolute Gasteiger partial charge is 0.337 e. The van der Waals surface area contributed by atoms with E-state index in [0.29, 0.717) is 5.69 Å². The van der Waals surface area contributed by atoms with E-state index in [1.165, 1.54) is 23.0 Å². The van der Waals surface area contributed by atoms with Gasteiger partial charge in [0.25, 0.3) is 0 Å². The van der Waals surface area contributed by atoms with E-state index in [9.17, 15) is 4.39 Å². The normalized spacial score (nSPS) is 11.9. The number of aromatic nitrogens is 3. The highest BCUT2D eigenvalue weighted by atomic mass is 32.1. The van der Waals surface area contributed by atoms with Gasteiger partial charge in [0, 0.05) is 30.9 Å². The molecule has 0 aliphatic heterocycles. The Morgan fingerprint density at radius 2 is 1.89 bits per heavy atom. The standard InChI is InChI=1S/C22H21FN4S/c1-17-7-9-18(10-8-17)21-15-28-22(25-20-6-3-2-5-19(20)23)27(21)13-4-12-26-14-11-24-16-26/h2-3,5-11,14-16H,4,12-13H2,1H3. The van der Waals surface area contributed by atoms with Gasteiger partial charge in [0.05, 0.1) is 12.0 Å². The van der Waals surface area contributed by atoms with Gasteiger partial charge in [-0.05, 0) is 31.0 Å². The van der Waals surface area contributed by atoms with E-state index in [1.54, 1.807) is 24.4 Å². The van der Waals surface area contributed by atoms with Crippen LogP contribution in [0.1, 0.15) is 12.0 Å². The zero-order valence-corrected chi connectivity index (χ0v) is 16.4. The summed E-state index contributed by atoms with van der Waals surface area (Å²) in [5.41, 5.74) is 3.83. The van der Waals surface area contributed by atoms with Crippen molar-refractivity contribution in [2.75, 3.05) is 0 Å². The van der Waals surface area contributed by atoms with Crippen LogP contribution in [0.4, 0.5) is 10.1 Å². The average molecular weight is 393 g/mol. The fourth-order valence-corrected chi connectivity index (χ4v) is 4.01. The van der Waals surface area contributed by atoms with E-state index < -0.39 is 0 Å². The maximum atomic E-state index is 14.1. The predicted octanol–water partition coefficient (Wildman–Crippen LogP) is 5.18. The van der Waals surface area contributed by atoms with E-state index in [2.05, 4.69) is 55.7 Å². The first kappa shape index (κ1) is 18.4. The minimum Gasteiger partial charge on any atom is -0.337 e. The van der Waals surface area contributed by atoms with Gasteiger partial charge >= 0.3 is 0 Å². The van der Waals surface area contributed by atoms with Crippen LogP contribution < -0.4 is 4.80 Å². The number of halogens is 1. The van der Waals surface area contributed by atoms with Crippen molar-refractivity contribution in [1.82, 2.24) is 14.1 Å². The van der Waals surface area contributed by atoms with Crippen LogP contribution in [0.25, 0.3) is 11.3 Å². The molecule has 0 spiro atoms. The number of thiazole rings is 1. The Morgan fingerprint density at radius 1 is 1.07 bits per heavy atom. The lowest BCUT2D eigenvalue weighted by Crippen LogP contribution is -2.17. The Kier molecular flexibility index (Phi) is 5.48. The van der Waals surface area contributed by atoms with Gasteiger partial charge in [0.2, 0.25) is 0 Å². The Morgan fingerprint density at radius 3 is 2.64 bits per heavy atom. The number of aryl methyl sites for hydroxylation is 2. The topological polar surface area (TPSA) is 35.1 Å². The third kappa shape index (κ3) is 4.12. The number of rotatable bonds is 6. The first-order valence-electron chi connectivity index (χ1n) is 9.21. The van der Waals surface area contributed by atoms with E-state index in [-0.39, 0.29) is 5.82 Å². The Balaban J connectivity index is 1.71. The van der Waals surface area contributed by atoms with Crippen molar-refractivity contribution in [3.8, 4) is 11.3 Å². The molecule has 0 saturated carbocycles. The summed E-state index contributed by atoms with van der Waals surface area (Å²) in [6, 6.07) is 15.1. The van der Waals surface area contributed by atoms with Crippen LogP contribution in [-0.4, -0.2) is 14.1 Å². The van der Waals surface area contributed by atoms with Crippen molar-refractivity contribution in [3.63, 3.8) is 0 Å². The van der Waals surface area contributed by atoms with Crippen molar-refractivity contribution in [2.24, 2.45) is 4.99 Å². The number of imidazole rings is 1. The van der Waals surface area contributed by atoms with E-state index in [1.807, 2.05) is 12.5 Å². The molecule has 0 atom stereocenters. The van der Waals surface area contributed by atoms with Crippen molar-refractivity contribution in [2.45, 2.75) is 26.4 Å². The average Bonchev–Trinajstić information content (AvgIpc) is 3.35. The predicted molar refractivity (Wildman–Crippen MR) is 111 cm³/mol. The molecular formula is C22H21FN4S. The van der Waals surface area contributed by atoms with Crippen LogP contribution in [-0.2, 0) is 13.1 Å². The number of para-hydroxylation sites is 1. The second-order valence-electron chi connectivity index (χ2n) is 6.64. The quantitative estimate of drug-likeness (QED) is 0.445. The Labute approximate surface area is 167 Å². The van der Waals surface area contributed by atoms with Gasteiger partial charge in [-0.3, -0.25) is 0 Å². The monoisotopic (exact) mass is 392 g/mol. The minimum atomic E-state index is -0.308. The van der Waals surface area contributed by atoms with Crippen LogP contribution >= 0.6 is 11.3 Å². The summed E-state index contributed by atoms with van der Waals surface area (Å²) in [5, 5.41) is 2.10. The number of nitrogens with zero attached hydrogens (tertiary/aromatic N) is 4. The first-order chi connectivity index (χ1) is 13.7. The molecule has 2 aromatic heterocycles. The van der Waals surface area contributed by atoms with E-state index >= 15 is 0 Å². The molecule has 0 aliphatic rings. The van der Waals surface area contributed by atoms with Crippen molar-refractivity contribution in [3.05, 3.63) is 88.8 Å². The fourth-order valence-electron chi connectivity index (χ4n) is 3.07. The molecule has 0 amide bonds. The maximum Gasteiger partial charge on any atom is 0.190 e. The molecule has 0 saturated heterocycles. The highest BCUT2D eigenvalue weighted by Gasteiger charge is 2.09. The van der Waals surface area contributed by atoms with Crippen LogP contribution in [0.2, 0.25) is 0 Å². The van der Waals surface area contributed by atoms with Gasteiger partial charge in [-0.2, -0.15) is 0 Å². The summed E-state index contributed by atoms with van der Waals surface area (Å²) in [5.74, 6) is -0.308. The summed E-state index contributed by atoms with van der Waals surface area (Å²) < 4.78 is 18.4. The number of benzene rings is 2. The van der Waals surface area contributed by atoms with Crippen molar-refractivity contribution < 1.29 is 4.39 Å². The molecule has 0 fully saturated rings. The first-order valence-corrected chi connectivity index (χ1v) is 10.1. The highest BCUT2D eigenvalue weighted by molar-refractivity contribution is 7.07. The second kappa shape index (κ2) is 8.35. The SMILES string of the molecule is Cc1ccc(-c2csc(=Nc3ccccc3F)n2CCCn2ccnc2)cc1. The number of hydrogen-bond donors (Lipinski definition) is 0. The summed E-state index contributed by atoms with van der Waals surface area (Å²) in [4.78, 5) is 9.50. The van der Waals surface area contributed by atoms with Gasteiger partial charge in [0.1, 0.15) is 11.5 Å². The van der Waals surface area contributed by atoms with Gasteiger partial charge in [-0.1, -0.05) is 42.0 Å². The smallest absolute Gasteiger partial charge is 0.190 e. The maximum absolute atomic E-state index is 14.1. The molecule has 4 aromatic rings. The summed E-state index contributed by atoms with van der Waals surface area (Å²) >= 11 is 1.54. The number of hydrogen-bond acceptors (Lipinski definition) is 3. The van der Waals surface area contributed by atoms with Gasteiger partial charge in [-0.15, -0.1) is 11.3 Å². The summed E-state index contributed by atoms with van der Waals surface area (Å²) in [6.45, 7) is 3.74. The zero-order chi connectivity index (χ0) is 19.3. The molecule has 6 heteroatoms. The van der Waals surface area contributed by atoms with Crippen LogP contribution in [0.3, 0.4) is 0 Å². The molecule has 0 bridgehead atoms. The molecule has 4 nitrogen and oxygen atoms in total. The Bertz CT molecular complexity index is 1110. The lowest BCUT2D eigenvalue weighted by molar-refractivity contribution is 0.558. The summed E-state index contributed by atoms with van der Waals surface area (Å²) in [6.07, 6.45) is 6.50. The van der Waals surface area contributed by atoms with Crippen LogP contribution in [0, 0.1) is 12.7 Å². The van der Waals surface area contributed by atoms with Gasteiger partial charge in [0.15, 0.2) is 4.80 Å². The van der Waals surface area contributed by atoms with E-state index in [0.717, 1.165) is 35.6 Å². The zero-order valence-electron chi connectivity index (χ0n) is 15.6. The third-order valence-corrected chi connectivity index (χ3v) is 5.43. The van der Waals surface area contributed by atoms with Gasteiger partial charge in [-0.25, -0.2) is 14.4 Å². The molecule has 0 N–H and O–H groups in total. The minimum absolute atomic E-state index is 0.308. The van der Waals surface area contributed by atoms with Crippen LogP contribution in [0.15, 0.2) is 77.6 Å². The lowest BCUT2D eigenvalue weighted by atomic mass is 10.1. The molecule has 2 heterocycles. The second-order valence-corrected chi connectivity index (χ2v) is 7.48. The summed E-state index contributed by atoms with van der Waals surface area (Å²) in [7, 11) is 0. The molecule has 4 rings (SSSR count).